The summed E-state index contributed by atoms with van der Waals surface area (Å²) in [4.78, 5) is 13.3. The molecule has 0 aliphatic carbocycles. The molecule has 0 spiro atoms. The van der Waals surface area contributed by atoms with Crippen molar-refractivity contribution in [3.8, 4) is 0 Å². The van der Waals surface area contributed by atoms with E-state index in [1.165, 1.54) is 6.07 Å². The minimum Gasteiger partial charge on any atom is -0.462 e. The molecule has 0 aromatic heterocycles. The predicted molar refractivity (Wildman–Crippen MR) is 68.7 cm³/mol. The molecule has 100 valence electrons. The first-order chi connectivity index (χ1) is 8.41. The molecule has 0 fully saturated rings. The Balaban J connectivity index is 2.64. The third-order valence-corrected chi connectivity index (χ3v) is 2.76. The normalized spacial score (nSPS) is 12.8. The van der Waals surface area contributed by atoms with Crippen molar-refractivity contribution in [2.45, 2.75) is 32.9 Å². The summed E-state index contributed by atoms with van der Waals surface area (Å²) in [5.74, 6) is -0.551. The van der Waals surface area contributed by atoms with Crippen molar-refractivity contribution in [3.63, 3.8) is 0 Å². The van der Waals surface area contributed by atoms with Gasteiger partial charge in [-0.2, -0.15) is 0 Å². The number of benzene rings is 1. The van der Waals surface area contributed by atoms with Crippen LogP contribution in [0, 0.1) is 5.82 Å². The number of hydrogen-bond acceptors (Lipinski definition) is 3. The van der Waals surface area contributed by atoms with Gasteiger partial charge in [-0.05, 0) is 33.9 Å². The summed E-state index contributed by atoms with van der Waals surface area (Å²) in [5, 5.41) is 0. The third kappa shape index (κ3) is 4.11. The summed E-state index contributed by atoms with van der Waals surface area (Å²) < 4.78 is 18.7. The molecule has 0 amide bonds. The monoisotopic (exact) mass is 253 g/mol. The number of carbonyl (C=O) groups is 1. The van der Waals surface area contributed by atoms with E-state index in [0.29, 0.717) is 5.56 Å². The van der Waals surface area contributed by atoms with Crippen LogP contribution in [-0.2, 0) is 9.53 Å². The van der Waals surface area contributed by atoms with E-state index in [1.54, 1.807) is 44.0 Å². The van der Waals surface area contributed by atoms with Gasteiger partial charge >= 0.3 is 5.97 Å². The largest absolute Gasteiger partial charge is 0.462 e. The average Bonchev–Trinajstić information content (AvgIpc) is 2.27. The summed E-state index contributed by atoms with van der Waals surface area (Å²) in [7, 11) is 1.78. The summed E-state index contributed by atoms with van der Waals surface area (Å²) >= 11 is 0. The van der Waals surface area contributed by atoms with Crippen molar-refractivity contribution in [2.75, 3.05) is 13.6 Å². The van der Waals surface area contributed by atoms with Crippen molar-refractivity contribution >= 4 is 5.97 Å². The zero-order valence-electron chi connectivity index (χ0n) is 11.3. The van der Waals surface area contributed by atoms with E-state index in [2.05, 4.69) is 0 Å². The zero-order chi connectivity index (χ0) is 13.7. The SMILES string of the molecule is CC(C)OC(=O)CN(C)C(C)c1ccccc1F. The highest BCUT2D eigenvalue weighted by Gasteiger charge is 2.18. The Morgan fingerprint density at radius 2 is 1.94 bits per heavy atom. The lowest BCUT2D eigenvalue weighted by Gasteiger charge is -2.24. The summed E-state index contributed by atoms with van der Waals surface area (Å²) in [6.45, 7) is 5.62. The Labute approximate surface area is 108 Å². The molecular weight excluding hydrogens is 233 g/mol. The molecule has 0 aliphatic heterocycles. The highest BCUT2D eigenvalue weighted by atomic mass is 19.1. The van der Waals surface area contributed by atoms with Crippen LogP contribution in [0.1, 0.15) is 32.4 Å². The molecule has 0 N–H and O–H groups in total. The third-order valence-electron chi connectivity index (χ3n) is 2.76. The molecule has 0 bridgehead atoms. The lowest BCUT2D eigenvalue weighted by molar-refractivity contribution is -0.148. The van der Waals surface area contributed by atoms with Crippen molar-refractivity contribution in [1.82, 2.24) is 4.90 Å². The summed E-state index contributed by atoms with van der Waals surface area (Å²) in [5.41, 5.74) is 0.581. The molecular formula is C14H20FNO2. The van der Waals surface area contributed by atoms with Crippen LogP contribution in [0.25, 0.3) is 0 Å². The Morgan fingerprint density at radius 1 is 1.33 bits per heavy atom. The molecule has 1 aromatic rings. The Bertz CT molecular complexity index is 407. The molecule has 0 aliphatic rings. The minimum absolute atomic E-state index is 0.130. The lowest BCUT2D eigenvalue weighted by atomic mass is 10.1. The van der Waals surface area contributed by atoms with Crippen LogP contribution in [0.5, 0.6) is 0 Å². The zero-order valence-corrected chi connectivity index (χ0v) is 11.3. The van der Waals surface area contributed by atoms with Crippen molar-refractivity contribution < 1.29 is 13.9 Å². The molecule has 3 nitrogen and oxygen atoms in total. The maximum Gasteiger partial charge on any atom is 0.320 e. The second-order valence-corrected chi connectivity index (χ2v) is 4.65. The minimum atomic E-state index is -0.296. The van der Waals surface area contributed by atoms with E-state index in [4.69, 9.17) is 4.74 Å². The van der Waals surface area contributed by atoms with Gasteiger partial charge in [0, 0.05) is 11.6 Å². The van der Waals surface area contributed by atoms with Crippen LogP contribution in [0.3, 0.4) is 0 Å². The van der Waals surface area contributed by atoms with Crippen LogP contribution in [0.4, 0.5) is 4.39 Å². The van der Waals surface area contributed by atoms with Gasteiger partial charge in [0.1, 0.15) is 5.82 Å². The van der Waals surface area contributed by atoms with Crippen molar-refractivity contribution in [2.24, 2.45) is 0 Å². The Hall–Kier alpha value is -1.42. The molecule has 1 rings (SSSR count). The number of nitrogens with zero attached hydrogens (tertiary/aromatic N) is 1. The lowest BCUT2D eigenvalue weighted by Crippen LogP contribution is -2.31. The number of carbonyl (C=O) groups excluding carboxylic acids is 1. The van der Waals surface area contributed by atoms with Gasteiger partial charge in [-0.3, -0.25) is 9.69 Å². The van der Waals surface area contributed by atoms with Crippen LogP contribution < -0.4 is 0 Å². The fourth-order valence-electron chi connectivity index (χ4n) is 1.69. The standard InChI is InChI=1S/C14H20FNO2/c1-10(2)18-14(17)9-16(4)11(3)12-7-5-6-8-13(12)15/h5-8,10-11H,9H2,1-4H3. The van der Waals surface area contributed by atoms with Crippen molar-refractivity contribution in [3.05, 3.63) is 35.6 Å². The second kappa shape index (κ2) is 6.50. The fourth-order valence-corrected chi connectivity index (χ4v) is 1.69. The predicted octanol–water partition coefficient (Wildman–Crippen LogP) is 2.77. The molecule has 1 aromatic carbocycles. The van der Waals surface area contributed by atoms with E-state index in [9.17, 15) is 9.18 Å². The van der Waals surface area contributed by atoms with Gasteiger partial charge in [-0.15, -0.1) is 0 Å². The van der Waals surface area contributed by atoms with Gasteiger partial charge in [0.25, 0.3) is 0 Å². The quantitative estimate of drug-likeness (QED) is 0.756. The smallest absolute Gasteiger partial charge is 0.320 e. The van der Waals surface area contributed by atoms with Gasteiger partial charge in [0.15, 0.2) is 0 Å². The first-order valence-corrected chi connectivity index (χ1v) is 6.06. The van der Waals surface area contributed by atoms with Crippen LogP contribution in [-0.4, -0.2) is 30.6 Å². The van der Waals surface area contributed by atoms with Crippen molar-refractivity contribution in [1.29, 1.82) is 0 Å². The summed E-state index contributed by atoms with van der Waals surface area (Å²) in [6, 6.07) is 6.41. The Kier molecular flexibility index (Phi) is 5.28. The number of ether oxygens (including phenoxy) is 1. The molecule has 18 heavy (non-hydrogen) atoms. The van der Waals surface area contributed by atoms with E-state index < -0.39 is 0 Å². The Morgan fingerprint density at radius 3 is 2.50 bits per heavy atom. The molecule has 0 heterocycles. The van der Waals surface area contributed by atoms with Crippen LogP contribution in [0.15, 0.2) is 24.3 Å². The number of likely N-dealkylation sites (N-methyl/N-ethyl adjacent to an activating group) is 1. The van der Waals surface area contributed by atoms with Gasteiger partial charge in [0.05, 0.1) is 12.6 Å². The molecule has 1 atom stereocenters. The molecule has 0 saturated heterocycles. The molecule has 0 radical (unpaired) electrons. The summed E-state index contributed by atoms with van der Waals surface area (Å²) in [6.07, 6.45) is -0.130. The highest BCUT2D eigenvalue weighted by molar-refractivity contribution is 5.71. The van der Waals surface area contributed by atoms with Gasteiger partial charge < -0.3 is 4.74 Å². The van der Waals surface area contributed by atoms with E-state index >= 15 is 0 Å². The van der Waals surface area contributed by atoms with E-state index in [-0.39, 0.29) is 30.5 Å². The number of rotatable bonds is 5. The molecule has 4 heteroatoms. The fraction of sp³-hybridized carbons (Fsp3) is 0.500. The number of hydrogen-bond donors (Lipinski definition) is 0. The number of esters is 1. The highest BCUT2D eigenvalue weighted by Crippen LogP contribution is 2.21. The number of halogens is 1. The first kappa shape index (κ1) is 14.6. The first-order valence-electron chi connectivity index (χ1n) is 6.06. The van der Waals surface area contributed by atoms with E-state index in [1.807, 2.05) is 6.92 Å². The van der Waals surface area contributed by atoms with Gasteiger partial charge in [-0.25, -0.2) is 4.39 Å². The second-order valence-electron chi connectivity index (χ2n) is 4.65. The van der Waals surface area contributed by atoms with Crippen LogP contribution in [0.2, 0.25) is 0 Å². The van der Waals surface area contributed by atoms with Gasteiger partial charge in [0.2, 0.25) is 0 Å². The molecule has 0 saturated carbocycles. The maximum atomic E-state index is 13.6. The average molecular weight is 253 g/mol. The topological polar surface area (TPSA) is 29.5 Å². The van der Waals surface area contributed by atoms with E-state index in [0.717, 1.165) is 0 Å². The van der Waals surface area contributed by atoms with Crippen LogP contribution >= 0.6 is 0 Å². The molecule has 1 unspecified atom stereocenters. The maximum absolute atomic E-state index is 13.6. The van der Waals surface area contributed by atoms with Gasteiger partial charge in [-0.1, -0.05) is 18.2 Å².